The summed E-state index contributed by atoms with van der Waals surface area (Å²) in [6.45, 7) is 7.99. The molecule has 1 fully saturated rings. The van der Waals surface area contributed by atoms with E-state index in [4.69, 9.17) is 15.0 Å². The van der Waals surface area contributed by atoms with Crippen LogP contribution < -0.4 is 11.2 Å². The van der Waals surface area contributed by atoms with E-state index < -0.39 is 0 Å². The van der Waals surface area contributed by atoms with Gasteiger partial charge in [-0.25, -0.2) is 0 Å². The molecule has 0 bridgehead atoms. The number of hydrogen-bond acceptors (Lipinski definition) is 3. The molecular formula is C15H24BNO2. The summed E-state index contributed by atoms with van der Waals surface area (Å²) < 4.78 is 11.9. The fourth-order valence-electron chi connectivity index (χ4n) is 2.42. The van der Waals surface area contributed by atoms with Gasteiger partial charge in [-0.3, -0.25) is 0 Å². The summed E-state index contributed by atoms with van der Waals surface area (Å²) in [5, 5.41) is 0. The molecule has 0 unspecified atom stereocenters. The average molecular weight is 261 g/mol. The molecule has 4 heteroatoms. The SMILES string of the molecule is Cc1c(N)cccc1B1OCCCCC(C)(C)CO1. The number of rotatable bonds is 1. The lowest BCUT2D eigenvalue weighted by Gasteiger charge is -2.25. The summed E-state index contributed by atoms with van der Waals surface area (Å²) in [5.74, 6) is 0. The Morgan fingerprint density at radius 1 is 1.21 bits per heavy atom. The van der Waals surface area contributed by atoms with Crippen molar-refractivity contribution < 1.29 is 9.31 Å². The van der Waals surface area contributed by atoms with Gasteiger partial charge in [0.25, 0.3) is 0 Å². The molecule has 0 spiro atoms. The molecule has 0 atom stereocenters. The largest absolute Gasteiger partial charge is 0.494 e. The van der Waals surface area contributed by atoms with Crippen LogP contribution in [-0.4, -0.2) is 20.3 Å². The van der Waals surface area contributed by atoms with Gasteiger partial charge in [0.1, 0.15) is 0 Å². The van der Waals surface area contributed by atoms with Gasteiger partial charge < -0.3 is 15.0 Å². The molecule has 2 N–H and O–H groups in total. The average Bonchev–Trinajstić information content (AvgIpc) is 2.44. The van der Waals surface area contributed by atoms with Crippen molar-refractivity contribution in [2.24, 2.45) is 5.41 Å². The lowest BCUT2D eigenvalue weighted by molar-refractivity contribution is 0.145. The van der Waals surface area contributed by atoms with Crippen LogP contribution >= 0.6 is 0 Å². The zero-order valence-electron chi connectivity index (χ0n) is 12.2. The topological polar surface area (TPSA) is 44.5 Å². The number of anilines is 1. The molecule has 1 aromatic carbocycles. The Kier molecular flexibility index (Phi) is 4.53. The van der Waals surface area contributed by atoms with Gasteiger partial charge in [-0.05, 0) is 42.3 Å². The van der Waals surface area contributed by atoms with Crippen molar-refractivity contribution in [3.8, 4) is 0 Å². The zero-order valence-corrected chi connectivity index (χ0v) is 12.2. The second-order valence-electron chi connectivity index (χ2n) is 6.20. The van der Waals surface area contributed by atoms with Gasteiger partial charge in [-0.1, -0.05) is 32.4 Å². The first-order valence-corrected chi connectivity index (χ1v) is 7.08. The van der Waals surface area contributed by atoms with E-state index in [0.717, 1.165) is 29.7 Å². The molecule has 1 saturated heterocycles. The van der Waals surface area contributed by atoms with Gasteiger partial charge in [0, 0.05) is 18.9 Å². The van der Waals surface area contributed by atoms with Gasteiger partial charge in [-0.2, -0.15) is 0 Å². The van der Waals surface area contributed by atoms with Crippen molar-refractivity contribution in [1.29, 1.82) is 0 Å². The summed E-state index contributed by atoms with van der Waals surface area (Å²) >= 11 is 0. The predicted molar refractivity (Wildman–Crippen MR) is 80.5 cm³/mol. The van der Waals surface area contributed by atoms with E-state index in [1.807, 2.05) is 25.1 Å². The Morgan fingerprint density at radius 3 is 2.79 bits per heavy atom. The molecule has 0 aliphatic carbocycles. The third-order valence-corrected chi connectivity index (χ3v) is 3.81. The molecule has 1 aromatic rings. The van der Waals surface area contributed by atoms with Crippen molar-refractivity contribution in [1.82, 2.24) is 0 Å². The number of hydrogen-bond donors (Lipinski definition) is 1. The highest BCUT2D eigenvalue weighted by Gasteiger charge is 2.29. The van der Waals surface area contributed by atoms with Crippen molar-refractivity contribution in [3.05, 3.63) is 23.8 Å². The summed E-state index contributed by atoms with van der Waals surface area (Å²) in [4.78, 5) is 0. The molecule has 0 radical (unpaired) electrons. The highest BCUT2D eigenvalue weighted by atomic mass is 16.6. The molecule has 1 aliphatic rings. The maximum atomic E-state index is 6.02. The zero-order chi connectivity index (χ0) is 13.9. The normalized spacial score (nSPS) is 20.5. The summed E-state index contributed by atoms with van der Waals surface area (Å²) in [5.41, 5.74) is 9.09. The highest BCUT2D eigenvalue weighted by molar-refractivity contribution is 6.62. The fraction of sp³-hybridized carbons (Fsp3) is 0.600. The first-order valence-electron chi connectivity index (χ1n) is 7.08. The van der Waals surface area contributed by atoms with Crippen LogP contribution in [0.5, 0.6) is 0 Å². The van der Waals surface area contributed by atoms with E-state index in [9.17, 15) is 0 Å². The number of benzene rings is 1. The van der Waals surface area contributed by atoms with Crippen LogP contribution in [0.15, 0.2) is 18.2 Å². The minimum absolute atomic E-state index is 0.209. The lowest BCUT2D eigenvalue weighted by Crippen LogP contribution is -2.41. The van der Waals surface area contributed by atoms with Gasteiger partial charge in [0.2, 0.25) is 0 Å². The smallest absolute Gasteiger partial charge is 0.407 e. The predicted octanol–water partition coefficient (Wildman–Crippen LogP) is 2.52. The molecule has 0 saturated carbocycles. The van der Waals surface area contributed by atoms with E-state index in [0.29, 0.717) is 6.61 Å². The fourth-order valence-corrected chi connectivity index (χ4v) is 2.42. The van der Waals surface area contributed by atoms with Crippen LogP contribution in [-0.2, 0) is 9.31 Å². The van der Waals surface area contributed by atoms with Crippen molar-refractivity contribution in [2.45, 2.75) is 40.0 Å². The van der Waals surface area contributed by atoms with E-state index >= 15 is 0 Å². The van der Waals surface area contributed by atoms with Crippen LogP contribution in [0.3, 0.4) is 0 Å². The highest BCUT2D eigenvalue weighted by Crippen LogP contribution is 2.25. The van der Waals surface area contributed by atoms with Gasteiger partial charge in [-0.15, -0.1) is 0 Å². The second kappa shape index (κ2) is 5.97. The Labute approximate surface area is 116 Å². The molecule has 1 aliphatic heterocycles. The van der Waals surface area contributed by atoms with Gasteiger partial charge in [0.15, 0.2) is 0 Å². The van der Waals surface area contributed by atoms with Crippen LogP contribution in [0, 0.1) is 12.3 Å². The van der Waals surface area contributed by atoms with Crippen molar-refractivity contribution in [3.63, 3.8) is 0 Å². The van der Waals surface area contributed by atoms with E-state index in [2.05, 4.69) is 13.8 Å². The Bertz CT molecular complexity index is 434. The molecule has 1 heterocycles. The molecular weight excluding hydrogens is 237 g/mol. The minimum atomic E-state index is -0.291. The minimum Gasteiger partial charge on any atom is -0.407 e. The molecule has 104 valence electrons. The Morgan fingerprint density at radius 2 is 2.00 bits per heavy atom. The number of nitrogens with two attached hydrogens (primary N) is 1. The quantitative estimate of drug-likeness (QED) is 0.624. The third kappa shape index (κ3) is 3.74. The molecule has 2 rings (SSSR count). The molecule has 3 nitrogen and oxygen atoms in total. The first-order chi connectivity index (χ1) is 8.99. The second-order valence-corrected chi connectivity index (χ2v) is 6.20. The number of nitrogen functional groups attached to an aromatic ring is 1. The summed E-state index contributed by atoms with van der Waals surface area (Å²) in [6.07, 6.45) is 3.46. The van der Waals surface area contributed by atoms with E-state index in [1.165, 1.54) is 12.8 Å². The van der Waals surface area contributed by atoms with E-state index in [1.54, 1.807) is 0 Å². The van der Waals surface area contributed by atoms with Crippen LogP contribution in [0.4, 0.5) is 5.69 Å². The lowest BCUT2D eigenvalue weighted by atomic mass is 9.75. The summed E-state index contributed by atoms with van der Waals surface area (Å²) in [6, 6.07) is 5.92. The van der Waals surface area contributed by atoms with Crippen LogP contribution in [0.25, 0.3) is 0 Å². The Hall–Kier alpha value is -0.995. The van der Waals surface area contributed by atoms with Gasteiger partial charge in [0.05, 0.1) is 0 Å². The third-order valence-electron chi connectivity index (χ3n) is 3.81. The van der Waals surface area contributed by atoms with Crippen LogP contribution in [0.2, 0.25) is 0 Å². The van der Waals surface area contributed by atoms with E-state index in [-0.39, 0.29) is 12.5 Å². The standard InChI is InChI=1S/C15H24BNO2/c1-12-13(7-6-8-14(12)17)16-18-10-5-4-9-15(2,3)11-19-16/h6-8H,4-5,9-11,17H2,1-3H3. The Balaban J connectivity index is 2.19. The van der Waals surface area contributed by atoms with Crippen molar-refractivity contribution >= 4 is 18.3 Å². The first kappa shape index (κ1) is 14.4. The van der Waals surface area contributed by atoms with Gasteiger partial charge >= 0.3 is 7.12 Å². The summed E-state index contributed by atoms with van der Waals surface area (Å²) in [7, 11) is -0.291. The maximum Gasteiger partial charge on any atom is 0.494 e. The van der Waals surface area contributed by atoms with Crippen LogP contribution in [0.1, 0.15) is 38.7 Å². The molecule has 0 amide bonds. The maximum absolute atomic E-state index is 6.02. The molecule has 19 heavy (non-hydrogen) atoms. The van der Waals surface area contributed by atoms with Crippen molar-refractivity contribution in [2.75, 3.05) is 18.9 Å². The molecule has 0 aromatic heterocycles. The monoisotopic (exact) mass is 261 g/mol.